The number of nitro groups is 1. The molecule has 1 amide bonds. The van der Waals surface area contributed by atoms with Crippen LogP contribution in [0.1, 0.15) is 11.1 Å². The van der Waals surface area contributed by atoms with Gasteiger partial charge in [-0.05, 0) is 48.0 Å². The lowest BCUT2D eigenvalue weighted by molar-refractivity contribution is -0.384. The highest BCUT2D eigenvalue weighted by atomic mass is 35.5. The molecule has 158 valence electrons. The Labute approximate surface area is 183 Å². The van der Waals surface area contributed by atoms with E-state index in [0.717, 1.165) is 5.56 Å². The smallest absolute Gasteiger partial charge is 0.269 e. The van der Waals surface area contributed by atoms with Crippen LogP contribution in [0.3, 0.4) is 0 Å². The number of halogens is 1. The molecular formula is C22H18ClN3O5. The number of anilines is 1. The number of nitrogens with one attached hydrogen (secondary N) is 1. The topological polar surface area (TPSA) is 103 Å². The van der Waals surface area contributed by atoms with E-state index >= 15 is 0 Å². The summed E-state index contributed by atoms with van der Waals surface area (Å²) in [7, 11) is 0. The first-order valence-electron chi connectivity index (χ1n) is 9.17. The maximum Gasteiger partial charge on any atom is 0.269 e. The van der Waals surface area contributed by atoms with Crippen LogP contribution < -0.4 is 10.1 Å². The summed E-state index contributed by atoms with van der Waals surface area (Å²) in [6.07, 6.45) is 1.40. The van der Waals surface area contributed by atoms with E-state index in [9.17, 15) is 14.9 Å². The molecule has 9 heteroatoms. The second-order valence-electron chi connectivity index (χ2n) is 6.32. The number of oxime groups is 1. The van der Waals surface area contributed by atoms with Crippen LogP contribution in [-0.2, 0) is 16.2 Å². The number of non-ortho nitro benzene ring substituents is 1. The number of rotatable bonds is 9. The molecule has 0 aliphatic rings. The molecule has 0 saturated heterocycles. The maximum absolute atomic E-state index is 11.9. The first-order chi connectivity index (χ1) is 15.0. The fourth-order valence-corrected chi connectivity index (χ4v) is 2.72. The third kappa shape index (κ3) is 6.83. The summed E-state index contributed by atoms with van der Waals surface area (Å²) in [5, 5.41) is 17.7. The molecule has 0 fully saturated rings. The monoisotopic (exact) mass is 439 g/mol. The Bertz CT molecular complexity index is 1070. The molecule has 3 rings (SSSR count). The van der Waals surface area contributed by atoms with Gasteiger partial charge in [0.15, 0.2) is 6.61 Å². The molecule has 3 aromatic carbocycles. The molecular weight excluding hydrogens is 422 g/mol. The van der Waals surface area contributed by atoms with E-state index < -0.39 is 4.92 Å². The number of benzene rings is 3. The minimum absolute atomic E-state index is 0.0107. The minimum Gasteiger partial charge on any atom is -0.488 e. The Hall–Kier alpha value is -3.91. The summed E-state index contributed by atoms with van der Waals surface area (Å²) in [6, 6.07) is 20.1. The van der Waals surface area contributed by atoms with E-state index in [1.165, 1.54) is 18.3 Å². The van der Waals surface area contributed by atoms with Gasteiger partial charge in [0.1, 0.15) is 12.4 Å². The fourth-order valence-electron chi connectivity index (χ4n) is 2.54. The van der Waals surface area contributed by atoms with Crippen molar-refractivity contribution in [3.05, 3.63) is 99.1 Å². The largest absolute Gasteiger partial charge is 0.488 e. The molecule has 0 saturated carbocycles. The van der Waals surface area contributed by atoms with Crippen LogP contribution in [0, 0.1) is 10.1 Å². The average molecular weight is 440 g/mol. The fraction of sp³-hybridized carbons (Fsp3) is 0.0909. The van der Waals surface area contributed by atoms with E-state index in [1.807, 2.05) is 18.2 Å². The quantitative estimate of drug-likeness (QED) is 0.292. The molecule has 0 radical (unpaired) electrons. The van der Waals surface area contributed by atoms with Gasteiger partial charge in [0, 0.05) is 28.4 Å². The lowest BCUT2D eigenvalue weighted by Crippen LogP contribution is -2.16. The summed E-state index contributed by atoms with van der Waals surface area (Å²) in [6.45, 7) is -0.0637. The summed E-state index contributed by atoms with van der Waals surface area (Å²) in [4.78, 5) is 27.2. The zero-order valence-electron chi connectivity index (χ0n) is 16.2. The van der Waals surface area contributed by atoms with Crippen molar-refractivity contribution in [3.63, 3.8) is 0 Å². The number of carbonyl (C=O) groups excluding carboxylic acids is 1. The highest BCUT2D eigenvalue weighted by Gasteiger charge is 2.07. The molecule has 31 heavy (non-hydrogen) atoms. The molecule has 8 nitrogen and oxygen atoms in total. The molecule has 0 heterocycles. The highest BCUT2D eigenvalue weighted by Crippen LogP contribution is 2.23. The van der Waals surface area contributed by atoms with Crippen LogP contribution in [-0.4, -0.2) is 23.7 Å². The van der Waals surface area contributed by atoms with Crippen LogP contribution in [0.15, 0.2) is 78.0 Å². The molecule has 0 aliphatic heterocycles. The van der Waals surface area contributed by atoms with Crippen molar-refractivity contribution in [2.75, 3.05) is 11.9 Å². The van der Waals surface area contributed by atoms with Crippen LogP contribution >= 0.6 is 11.6 Å². The Kier molecular flexibility index (Phi) is 7.56. The standard InChI is InChI=1S/C22H18ClN3O5/c23-18-8-11-21(30-14-16-6-9-20(10-7-16)26(28)29)17(12-18)13-24-31-15-22(27)25-19-4-2-1-3-5-19/h1-13H,14-15H2,(H,25,27)/b24-13+. The van der Waals surface area contributed by atoms with Crippen molar-refractivity contribution in [1.29, 1.82) is 0 Å². The molecule has 0 atom stereocenters. The molecule has 0 bridgehead atoms. The van der Waals surface area contributed by atoms with Crippen molar-refractivity contribution < 1.29 is 19.3 Å². The Morgan fingerprint density at radius 2 is 1.84 bits per heavy atom. The highest BCUT2D eigenvalue weighted by molar-refractivity contribution is 6.30. The number of carbonyl (C=O) groups is 1. The first-order valence-corrected chi connectivity index (χ1v) is 9.55. The zero-order chi connectivity index (χ0) is 22.1. The van der Waals surface area contributed by atoms with E-state index in [-0.39, 0.29) is 24.8 Å². The van der Waals surface area contributed by atoms with Gasteiger partial charge in [0.05, 0.1) is 11.1 Å². The number of hydrogen-bond acceptors (Lipinski definition) is 6. The first kappa shape index (κ1) is 21.8. The number of ether oxygens (including phenoxy) is 1. The van der Waals surface area contributed by atoms with Gasteiger partial charge in [-0.15, -0.1) is 0 Å². The lowest BCUT2D eigenvalue weighted by atomic mass is 10.2. The number of nitrogens with zero attached hydrogens (tertiary/aromatic N) is 2. The zero-order valence-corrected chi connectivity index (χ0v) is 17.0. The Morgan fingerprint density at radius 1 is 1.10 bits per heavy atom. The maximum atomic E-state index is 11.9. The second kappa shape index (κ2) is 10.7. The van der Waals surface area contributed by atoms with E-state index in [2.05, 4.69) is 10.5 Å². The van der Waals surface area contributed by atoms with Gasteiger partial charge in [0.2, 0.25) is 0 Å². The van der Waals surface area contributed by atoms with Gasteiger partial charge < -0.3 is 14.9 Å². The van der Waals surface area contributed by atoms with Crippen LogP contribution in [0.25, 0.3) is 0 Å². The summed E-state index contributed by atoms with van der Waals surface area (Å²) in [5.74, 6) is 0.146. The van der Waals surface area contributed by atoms with Gasteiger partial charge in [-0.3, -0.25) is 14.9 Å². The number of nitro benzene ring substituents is 1. The van der Waals surface area contributed by atoms with Crippen molar-refractivity contribution in [2.24, 2.45) is 5.16 Å². The van der Waals surface area contributed by atoms with Gasteiger partial charge in [-0.2, -0.15) is 0 Å². The predicted molar refractivity (Wildman–Crippen MR) is 117 cm³/mol. The SMILES string of the molecule is O=C(CO/N=C/c1cc(Cl)ccc1OCc1ccc([N+](=O)[O-])cc1)Nc1ccccc1. The third-order valence-electron chi connectivity index (χ3n) is 4.03. The molecule has 0 unspecified atom stereocenters. The summed E-state index contributed by atoms with van der Waals surface area (Å²) in [5.41, 5.74) is 1.99. The van der Waals surface area contributed by atoms with E-state index in [1.54, 1.807) is 42.5 Å². The second-order valence-corrected chi connectivity index (χ2v) is 6.75. The number of hydrogen-bond donors (Lipinski definition) is 1. The van der Waals surface area contributed by atoms with Crippen molar-refractivity contribution in [1.82, 2.24) is 0 Å². The Morgan fingerprint density at radius 3 is 2.55 bits per heavy atom. The van der Waals surface area contributed by atoms with Gasteiger partial charge in [0.25, 0.3) is 11.6 Å². The summed E-state index contributed by atoms with van der Waals surface area (Å²) < 4.78 is 5.78. The van der Waals surface area contributed by atoms with Crippen LogP contribution in [0.2, 0.25) is 5.02 Å². The van der Waals surface area contributed by atoms with Crippen LogP contribution in [0.5, 0.6) is 5.75 Å². The molecule has 0 spiro atoms. The Balaban J connectivity index is 1.56. The number of amides is 1. The molecule has 0 aromatic heterocycles. The minimum atomic E-state index is -0.460. The summed E-state index contributed by atoms with van der Waals surface area (Å²) >= 11 is 6.05. The molecule has 1 N–H and O–H groups in total. The lowest BCUT2D eigenvalue weighted by Gasteiger charge is -2.09. The van der Waals surface area contributed by atoms with Crippen molar-refractivity contribution >= 4 is 35.1 Å². The molecule has 0 aliphatic carbocycles. The van der Waals surface area contributed by atoms with E-state index in [4.69, 9.17) is 21.2 Å². The molecule has 3 aromatic rings. The van der Waals surface area contributed by atoms with Crippen molar-refractivity contribution in [2.45, 2.75) is 6.61 Å². The predicted octanol–water partition coefficient (Wildman–Crippen LogP) is 4.82. The van der Waals surface area contributed by atoms with Gasteiger partial charge in [-0.25, -0.2) is 0 Å². The van der Waals surface area contributed by atoms with Crippen LogP contribution in [0.4, 0.5) is 11.4 Å². The van der Waals surface area contributed by atoms with E-state index in [0.29, 0.717) is 22.0 Å². The average Bonchev–Trinajstić information content (AvgIpc) is 2.77. The van der Waals surface area contributed by atoms with Gasteiger partial charge in [-0.1, -0.05) is 35.0 Å². The number of para-hydroxylation sites is 1. The van der Waals surface area contributed by atoms with Gasteiger partial charge >= 0.3 is 0 Å². The third-order valence-corrected chi connectivity index (χ3v) is 4.27. The van der Waals surface area contributed by atoms with Crippen molar-refractivity contribution in [3.8, 4) is 5.75 Å². The normalized spacial score (nSPS) is 10.6.